The second-order valence-corrected chi connectivity index (χ2v) is 4.60. The Morgan fingerprint density at radius 1 is 1.48 bits per heavy atom. The normalized spacial score (nSPS) is 18.1. The van der Waals surface area contributed by atoms with Gasteiger partial charge in [-0.05, 0) is 20.3 Å². The minimum absolute atomic E-state index is 0.142. The number of carboxylic acids is 1. The molecule has 3 N–H and O–H groups in total. The summed E-state index contributed by atoms with van der Waals surface area (Å²) >= 11 is 0. The summed E-state index contributed by atoms with van der Waals surface area (Å²) in [5, 5.41) is 25.5. The molecule has 0 radical (unpaired) electrons. The Bertz CT molecular complexity index is 396. The van der Waals surface area contributed by atoms with Crippen molar-refractivity contribution >= 4 is 11.9 Å². The van der Waals surface area contributed by atoms with Gasteiger partial charge in [0.15, 0.2) is 0 Å². The molecule has 1 saturated heterocycles. The molecular formula is C14H22O7. The number of carbonyl (C=O) groups is 2. The molecule has 0 saturated carbocycles. The van der Waals surface area contributed by atoms with Crippen molar-refractivity contribution < 1.29 is 34.4 Å². The molecule has 2 atom stereocenters. The number of hydrogen-bond acceptors (Lipinski definition) is 6. The summed E-state index contributed by atoms with van der Waals surface area (Å²) in [5.74, 6) is -1.34. The number of esters is 1. The highest BCUT2D eigenvalue weighted by Crippen LogP contribution is 2.09. The maximum Gasteiger partial charge on any atom is 0.333 e. The summed E-state index contributed by atoms with van der Waals surface area (Å²) in [6.45, 7) is 7.23. The van der Waals surface area contributed by atoms with Crippen LogP contribution in [0.1, 0.15) is 20.3 Å². The SMILES string of the molecule is C=C(C)C(=O)OCC1CO1.CC(=CCC(O)CO)C(=O)O. The van der Waals surface area contributed by atoms with Gasteiger partial charge in [-0.25, -0.2) is 9.59 Å². The minimum Gasteiger partial charge on any atom is -0.478 e. The summed E-state index contributed by atoms with van der Waals surface area (Å²) in [6, 6.07) is 0. The highest BCUT2D eigenvalue weighted by Gasteiger charge is 2.24. The van der Waals surface area contributed by atoms with Gasteiger partial charge < -0.3 is 24.8 Å². The lowest BCUT2D eigenvalue weighted by molar-refractivity contribution is -0.139. The molecule has 0 aromatic heterocycles. The Morgan fingerprint density at radius 3 is 2.43 bits per heavy atom. The first kappa shape index (κ1) is 19.3. The summed E-state index contributed by atoms with van der Waals surface area (Å²) in [4.78, 5) is 20.9. The lowest BCUT2D eigenvalue weighted by Crippen LogP contribution is -2.10. The zero-order valence-corrected chi connectivity index (χ0v) is 12.2. The van der Waals surface area contributed by atoms with Crippen LogP contribution in [0.3, 0.4) is 0 Å². The van der Waals surface area contributed by atoms with E-state index in [1.165, 1.54) is 13.0 Å². The van der Waals surface area contributed by atoms with E-state index in [2.05, 4.69) is 6.58 Å². The number of aliphatic hydroxyl groups excluding tert-OH is 2. The largest absolute Gasteiger partial charge is 0.478 e. The molecule has 0 aliphatic carbocycles. The van der Waals surface area contributed by atoms with E-state index < -0.39 is 12.1 Å². The fourth-order valence-corrected chi connectivity index (χ4v) is 0.931. The number of aliphatic hydroxyl groups is 2. The summed E-state index contributed by atoms with van der Waals surface area (Å²) in [7, 11) is 0. The maximum absolute atomic E-state index is 10.7. The quantitative estimate of drug-likeness (QED) is 0.351. The van der Waals surface area contributed by atoms with Crippen LogP contribution in [0.2, 0.25) is 0 Å². The van der Waals surface area contributed by atoms with Gasteiger partial charge in [-0.3, -0.25) is 0 Å². The van der Waals surface area contributed by atoms with Crippen LogP contribution in [-0.4, -0.2) is 59.3 Å². The Balaban J connectivity index is 0.000000382. The van der Waals surface area contributed by atoms with Crippen LogP contribution in [0.5, 0.6) is 0 Å². The van der Waals surface area contributed by atoms with Crippen LogP contribution >= 0.6 is 0 Å². The number of hydrogen-bond donors (Lipinski definition) is 3. The third kappa shape index (κ3) is 10.7. The number of epoxide rings is 1. The topological polar surface area (TPSA) is 117 Å². The molecule has 0 aromatic carbocycles. The molecule has 0 spiro atoms. The first-order chi connectivity index (χ1) is 9.77. The van der Waals surface area contributed by atoms with E-state index in [1.807, 2.05) is 0 Å². The van der Waals surface area contributed by atoms with Crippen LogP contribution < -0.4 is 0 Å². The molecule has 1 aliphatic rings. The standard InChI is InChI=1S/C7H12O4.C7H10O3/c1-5(7(10)11)2-3-6(9)4-8;1-5(2)7(8)10-4-6-3-9-6/h2,6,8-9H,3-4H2,1H3,(H,10,11);6H,1,3-4H2,2H3. The van der Waals surface area contributed by atoms with E-state index >= 15 is 0 Å². The van der Waals surface area contributed by atoms with Crippen LogP contribution in [0.25, 0.3) is 0 Å². The van der Waals surface area contributed by atoms with Gasteiger partial charge in [-0.15, -0.1) is 0 Å². The van der Waals surface area contributed by atoms with Crippen molar-refractivity contribution in [2.45, 2.75) is 32.5 Å². The molecule has 0 aromatic rings. The fraction of sp³-hybridized carbons (Fsp3) is 0.571. The number of carbonyl (C=O) groups excluding carboxylic acids is 1. The van der Waals surface area contributed by atoms with E-state index in [0.29, 0.717) is 18.8 Å². The molecule has 1 aliphatic heterocycles. The summed E-state index contributed by atoms with van der Waals surface area (Å²) in [6.07, 6.45) is 0.838. The molecule has 2 unspecified atom stereocenters. The van der Waals surface area contributed by atoms with Gasteiger partial charge in [-0.2, -0.15) is 0 Å². The smallest absolute Gasteiger partial charge is 0.333 e. The number of carboxylic acid groups (broad SMARTS) is 1. The predicted molar refractivity (Wildman–Crippen MR) is 74.6 cm³/mol. The van der Waals surface area contributed by atoms with Crippen molar-refractivity contribution in [3.8, 4) is 0 Å². The molecule has 0 amide bonds. The van der Waals surface area contributed by atoms with Gasteiger partial charge in [0.1, 0.15) is 12.7 Å². The van der Waals surface area contributed by atoms with E-state index in [1.54, 1.807) is 6.92 Å². The third-order valence-electron chi connectivity index (χ3n) is 2.40. The van der Waals surface area contributed by atoms with E-state index in [4.69, 9.17) is 24.8 Å². The number of ether oxygens (including phenoxy) is 2. The third-order valence-corrected chi connectivity index (χ3v) is 2.40. The van der Waals surface area contributed by atoms with Gasteiger partial charge in [0.05, 0.1) is 19.3 Å². The Hall–Kier alpha value is -1.70. The van der Waals surface area contributed by atoms with Crippen LogP contribution in [0, 0.1) is 0 Å². The molecular weight excluding hydrogens is 280 g/mol. The van der Waals surface area contributed by atoms with Gasteiger partial charge in [0.2, 0.25) is 0 Å². The van der Waals surface area contributed by atoms with Gasteiger partial charge in [0, 0.05) is 11.1 Å². The number of aliphatic carboxylic acids is 1. The monoisotopic (exact) mass is 302 g/mol. The van der Waals surface area contributed by atoms with Gasteiger partial charge in [-0.1, -0.05) is 12.7 Å². The molecule has 1 fully saturated rings. The van der Waals surface area contributed by atoms with Crippen LogP contribution in [0.4, 0.5) is 0 Å². The molecule has 1 heterocycles. The highest BCUT2D eigenvalue weighted by atomic mass is 16.6. The lowest BCUT2D eigenvalue weighted by atomic mass is 10.2. The first-order valence-electron chi connectivity index (χ1n) is 6.41. The molecule has 0 bridgehead atoms. The van der Waals surface area contributed by atoms with E-state index in [-0.39, 0.29) is 30.7 Å². The number of rotatable bonds is 7. The fourth-order valence-electron chi connectivity index (χ4n) is 0.931. The maximum atomic E-state index is 10.7. The molecule has 7 heteroatoms. The van der Waals surface area contributed by atoms with Crippen molar-refractivity contribution in [1.29, 1.82) is 0 Å². The van der Waals surface area contributed by atoms with Crippen molar-refractivity contribution in [2.75, 3.05) is 19.8 Å². The molecule has 21 heavy (non-hydrogen) atoms. The molecule has 7 nitrogen and oxygen atoms in total. The second-order valence-electron chi connectivity index (χ2n) is 4.60. The van der Waals surface area contributed by atoms with Gasteiger partial charge >= 0.3 is 11.9 Å². The summed E-state index contributed by atoms with van der Waals surface area (Å²) in [5.41, 5.74) is 0.609. The first-order valence-corrected chi connectivity index (χ1v) is 6.41. The van der Waals surface area contributed by atoms with E-state index in [9.17, 15) is 9.59 Å². The minimum atomic E-state index is -1.00. The van der Waals surface area contributed by atoms with Gasteiger partial charge in [0.25, 0.3) is 0 Å². The zero-order chi connectivity index (χ0) is 16.4. The van der Waals surface area contributed by atoms with Crippen LogP contribution in [-0.2, 0) is 19.1 Å². The lowest BCUT2D eigenvalue weighted by Gasteiger charge is -2.01. The van der Waals surface area contributed by atoms with Crippen molar-refractivity contribution in [2.24, 2.45) is 0 Å². The Kier molecular flexibility index (Phi) is 9.27. The predicted octanol–water partition coefficient (Wildman–Crippen LogP) is 0.265. The van der Waals surface area contributed by atoms with Crippen LogP contribution in [0.15, 0.2) is 23.8 Å². The average molecular weight is 302 g/mol. The second kappa shape index (κ2) is 10.1. The highest BCUT2D eigenvalue weighted by molar-refractivity contribution is 5.87. The zero-order valence-electron chi connectivity index (χ0n) is 12.2. The van der Waals surface area contributed by atoms with Crippen molar-refractivity contribution in [3.63, 3.8) is 0 Å². The average Bonchev–Trinajstić information content (AvgIpc) is 3.26. The van der Waals surface area contributed by atoms with Crippen molar-refractivity contribution in [3.05, 3.63) is 23.8 Å². The molecule has 1 rings (SSSR count). The Morgan fingerprint density at radius 2 is 2.05 bits per heavy atom. The van der Waals surface area contributed by atoms with Crippen molar-refractivity contribution in [1.82, 2.24) is 0 Å². The van der Waals surface area contributed by atoms with E-state index in [0.717, 1.165) is 0 Å². The molecule has 120 valence electrons. The summed E-state index contributed by atoms with van der Waals surface area (Å²) < 4.78 is 9.60. The Labute approximate surface area is 123 Å².